The monoisotopic (exact) mass is 275 g/mol. The summed E-state index contributed by atoms with van der Waals surface area (Å²) in [6.45, 7) is 4.36. The van der Waals surface area contributed by atoms with Gasteiger partial charge in [-0.25, -0.2) is 4.39 Å². The van der Waals surface area contributed by atoms with Gasteiger partial charge < -0.3 is 10.5 Å². The molecule has 5 heteroatoms. The lowest BCUT2D eigenvalue weighted by Crippen LogP contribution is -2.31. The summed E-state index contributed by atoms with van der Waals surface area (Å²) in [5, 5.41) is 0.0519. The molecule has 0 spiro atoms. The van der Waals surface area contributed by atoms with Crippen LogP contribution < -0.4 is 10.5 Å². The summed E-state index contributed by atoms with van der Waals surface area (Å²) in [5.41, 5.74) is 5.35. The van der Waals surface area contributed by atoms with Gasteiger partial charge in [-0.2, -0.15) is 0 Å². The average molecular weight is 276 g/mol. The van der Waals surface area contributed by atoms with Crippen LogP contribution >= 0.6 is 23.8 Å². The third-order valence-corrected chi connectivity index (χ3v) is 3.40. The Morgan fingerprint density at radius 2 is 2.18 bits per heavy atom. The molecule has 2 N–H and O–H groups in total. The maximum atomic E-state index is 12.9. The topological polar surface area (TPSA) is 35.2 Å². The molecule has 0 saturated heterocycles. The Kier molecular flexibility index (Phi) is 4.71. The van der Waals surface area contributed by atoms with Gasteiger partial charge in [-0.05, 0) is 18.6 Å². The molecule has 1 aromatic carbocycles. The number of hydrogen-bond acceptors (Lipinski definition) is 2. The summed E-state index contributed by atoms with van der Waals surface area (Å²) in [4.78, 5) is 0.457. The molecule has 2 nitrogen and oxygen atoms in total. The molecular weight excluding hydrogens is 261 g/mol. The van der Waals surface area contributed by atoms with Crippen LogP contribution in [0.2, 0.25) is 5.02 Å². The third kappa shape index (κ3) is 4.13. The van der Waals surface area contributed by atoms with Gasteiger partial charge in [0, 0.05) is 11.5 Å². The second-order valence-corrected chi connectivity index (χ2v) is 5.27. The van der Waals surface area contributed by atoms with E-state index < -0.39 is 5.82 Å². The molecule has 1 rings (SSSR count). The molecule has 17 heavy (non-hydrogen) atoms. The SMILES string of the molecule is CC(C)(CCOc1ccc(F)c(Cl)c1)C(N)=S. The molecule has 0 aliphatic carbocycles. The van der Waals surface area contributed by atoms with Gasteiger partial charge in [0.05, 0.1) is 16.6 Å². The van der Waals surface area contributed by atoms with E-state index in [9.17, 15) is 4.39 Å². The van der Waals surface area contributed by atoms with E-state index in [1.165, 1.54) is 18.2 Å². The molecule has 0 radical (unpaired) electrons. The second kappa shape index (κ2) is 5.65. The van der Waals surface area contributed by atoms with Crippen LogP contribution in [-0.4, -0.2) is 11.6 Å². The summed E-state index contributed by atoms with van der Waals surface area (Å²) in [5.74, 6) is 0.0811. The molecule has 0 amide bonds. The Balaban J connectivity index is 2.51. The number of halogens is 2. The van der Waals surface area contributed by atoms with Crippen LogP contribution in [0, 0.1) is 11.2 Å². The number of ether oxygens (including phenoxy) is 1. The number of thiocarbonyl (C=S) groups is 1. The van der Waals surface area contributed by atoms with Crippen LogP contribution in [0.25, 0.3) is 0 Å². The molecule has 0 unspecified atom stereocenters. The van der Waals surface area contributed by atoms with Gasteiger partial charge in [0.15, 0.2) is 0 Å². The van der Waals surface area contributed by atoms with Gasteiger partial charge in [-0.3, -0.25) is 0 Å². The molecule has 0 saturated carbocycles. The molecule has 1 aromatic rings. The summed E-state index contributed by atoms with van der Waals surface area (Å²) in [6, 6.07) is 4.26. The molecule has 94 valence electrons. The fourth-order valence-corrected chi connectivity index (χ4v) is 1.39. The van der Waals surface area contributed by atoms with Crippen LogP contribution in [0.5, 0.6) is 5.75 Å². The molecule has 0 aliphatic rings. The quantitative estimate of drug-likeness (QED) is 0.835. The Labute approximate surface area is 111 Å². The first-order valence-corrected chi connectivity index (χ1v) is 5.99. The average Bonchev–Trinajstić information content (AvgIpc) is 2.23. The first kappa shape index (κ1) is 14.2. The molecule has 0 atom stereocenters. The minimum Gasteiger partial charge on any atom is -0.494 e. The lowest BCUT2D eigenvalue weighted by Gasteiger charge is -2.22. The summed E-state index contributed by atoms with van der Waals surface area (Å²) < 4.78 is 18.4. The number of nitrogens with two attached hydrogens (primary N) is 1. The summed E-state index contributed by atoms with van der Waals surface area (Å²) in [6.07, 6.45) is 0.692. The molecule has 0 aliphatic heterocycles. The van der Waals surface area contributed by atoms with E-state index in [-0.39, 0.29) is 10.4 Å². The van der Waals surface area contributed by atoms with Crippen LogP contribution in [-0.2, 0) is 0 Å². The maximum absolute atomic E-state index is 12.9. The third-order valence-electron chi connectivity index (χ3n) is 2.55. The van der Waals surface area contributed by atoms with Crippen molar-refractivity contribution >= 4 is 28.8 Å². The van der Waals surface area contributed by atoms with E-state index in [1.54, 1.807) is 0 Å². The van der Waals surface area contributed by atoms with E-state index in [0.29, 0.717) is 23.8 Å². The zero-order valence-electron chi connectivity index (χ0n) is 9.80. The van der Waals surface area contributed by atoms with Crippen molar-refractivity contribution in [3.63, 3.8) is 0 Å². The molecule has 0 aromatic heterocycles. The van der Waals surface area contributed by atoms with E-state index >= 15 is 0 Å². The Morgan fingerprint density at radius 1 is 1.53 bits per heavy atom. The van der Waals surface area contributed by atoms with Gasteiger partial charge in [-0.1, -0.05) is 37.7 Å². The fourth-order valence-electron chi connectivity index (χ4n) is 1.11. The zero-order valence-corrected chi connectivity index (χ0v) is 11.4. The van der Waals surface area contributed by atoms with E-state index in [1.807, 2.05) is 13.8 Å². The first-order valence-electron chi connectivity index (χ1n) is 5.21. The van der Waals surface area contributed by atoms with Gasteiger partial charge in [0.1, 0.15) is 11.6 Å². The highest BCUT2D eigenvalue weighted by molar-refractivity contribution is 7.80. The highest BCUT2D eigenvalue weighted by atomic mass is 35.5. The smallest absolute Gasteiger partial charge is 0.142 e. The van der Waals surface area contributed by atoms with Crippen molar-refractivity contribution in [2.75, 3.05) is 6.61 Å². The maximum Gasteiger partial charge on any atom is 0.142 e. The fraction of sp³-hybridized carbons (Fsp3) is 0.417. The van der Waals surface area contributed by atoms with E-state index in [4.69, 9.17) is 34.3 Å². The second-order valence-electron chi connectivity index (χ2n) is 4.42. The van der Waals surface area contributed by atoms with Crippen molar-refractivity contribution in [2.24, 2.45) is 11.1 Å². The Bertz CT molecular complexity index is 423. The van der Waals surface area contributed by atoms with E-state index in [2.05, 4.69) is 0 Å². The van der Waals surface area contributed by atoms with E-state index in [0.717, 1.165) is 0 Å². The van der Waals surface area contributed by atoms with Crippen LogP contribution in [0.3, 0.4) is 0 Å². The predicted molar refractivity (Wildman–Crippen MR) is 72.1 cm³/mol. The van der Waals surface area contributed by atoms with Crippen molar-refractivity contribution in [1.82, 2.24) is 0 Å². The Hall–Kier alpha value is -0.870. The number of hydrogen-bond donors (Lipinski definition) is 1. The van der Waals surface area contributed by atoms with Gasteiger partial charge >= 0.3 is 0 Å². The van der Waals surface area contributed by atoms with Crippen LogP contribution in [0.4, 0.5) is 4.39 Å². The number of benzene rings is 1. The van der Waals surface area contributed by atoms with Crippen molar-refractivity contribution < 1.29 is 9.13 Å². The molecule has 0 fully saturated rings. The van der Waals surface area contributed by atoms with Gasteiger partial charge in [-0.15, -0.1) is 0 Å². The normalized spacial score (nSPS) is 11.3. The van der Waals surface area contributed by atoms with Crippen molar-refractivity contribution in [2.45, 2.75) is 20.3 Å². The van der Waals surface area contributed by atoms with Crippen molar-refractivity contribution in [3.8, 4) is 5.75 Å². The van der Waals surface area contributed by atoms with Crippen LogP contribution in [0.1, 0.15) is 20.3 Å². The lowest BCUT2D eigenvalue weighted by molar-refractivity contribution is 0.270. The Morgan fingerprint density at radius 3 is 2.71 bits per heavy atom. The molecule has 0 bridgehead atoms. The standard InChI is InChI=1S/C12H15ClFNOS/c1-12(2,11(15)17)5-6-16-8-3-4-10(14)9(13)7-8/h3-4,7H,5-6H2,1-2H3,(H2,15,17). The highest BCUT2D eigenvalue weighted by Crippen LogP contribution is 2.24. The minimum atomic E-state index is -0.456. The highest BCUT2D eigenvalue weighted by Gasteiger charge is 2.21. The lowest BCUT2D eigenvalue weighted by atomic mass is 9.90. The van der Waals surface area contributed by atoms with Gasteiger partial charge in [0.2, 0.25) is 0 Å². The minimum absolute atomic E-state index is 0.0519. The summed E-state index contributed by atoms with van der Waals surface area (Å²) >= 11 is 10.6. The molecule has 0 heterocycles. The van der Waals surface area contributed by atoms with Gasteiger partial charge in [0.25, 0.3) is 0 Å². The summed E-state index contributed by atoms with van der Waals surface area (Å²) in [7, 11) is 0. The van der Waals surface area contributed by atoms with Crippen LogP contribution in [0.15, 0.2) is 18.2 Å². The predicted octanol–water partition coefficient (Wildman–Crippen LogP) is 3.56. The van der Waals surface area contributed by atoms with Crippen molar-refractivity contribution in [3.05, 3.63) is 29.0 Å². The first-order chi connectivity index (χ1) is 7.83. The molecular formula is C12H15ClFNOS. The number of rotatable bonds is 5. The largest absolute Gasteiger partial charge is 0.494 e. The van der Waals surface area contributed by atoms with Crippen molar-refractivity contribution in [1.29, 1.82) is 0 Å². The zero-order chi connectivity index (χ0) is 13.1.